The van der Waals surface area contributed by atoms with Crippen molar-refractivity contribution < 1.29 is 14.7 Å². The van der Waals surface area contributed by atoms with Crippen LogP contribution in [0.2, 0.25) is 0 Å². The van der Waals surface area contributed by atoms with E-state index in [0.29, 0.717) is 31.5 Å². The number of hydrogen-bond acceptors (Lipinski definition) is 7. The second-order valence-corrected chi connectivity index (χ2v) is 7.46. The zero-order valence-electron chi connectivity index (χ0n) is 17.3. The van der Waals surface area contributed by atoms with Crippen LogP contribution >= 0.6 is 0 Å². The van der Waals surface area contributed by atoms with Gasteiger partial charge in [-0.05, 0) is 42.7 Å². The molecule has 6 N–H and O–H groups in total. The van der Waals surface area contributed by atoms with Gasteiger partial charge in [-0.15, -0.1) is 0 Å². The fourth-order valence-electron chi connectivity index (χ4n) is 3.26. The van der Waals surface area contributed by atoms with Crippen molar-refractivity contribution in [1.29, 1.82) is 0 Å². The largest absolute Gasteiger partial charge is 0.478 e. The predicted molar refractivity (Wildman–Crippen MR) is 117 cm³/mol. The van der Waals surface area contributed by atoms with E-state index in [4.69, 9.17) is 5.73 Å². The molecule has 0 unspecified atom stereocenters. The number of rotatable bonds is 11. The molecule has 2 aromatic rings. The van der Waals surface area contributed by atoms with E-state index in [0.717, 1.165) is 30.2 Å². The lowest BCUT2D eigenvalue weighted by Crippen LogP contribution is -2.61. The second kappa shape index (κ2) is 10.6. The Morgan fingerprint density at radius 3 is 2.61 bits per heavy atom. The van der Waals surface area contributed by atoms with Crippen molar-refractivity contribution in [3.05, 3.63) is 65.5 Å². The molecule has 31 heavy (non-hydrogen) atoms. The fraction of sp³-hybridized carbons (Fsp3) is 0.364. The lowest BCUT2D eigenvalue weighted by atomic mass is 10.0. The summed E-state index contributed by atoms with van der Waals surface area (Å²) < 4.78 is 0. The second-order valence-electron chi connectivity index (χ2n) is 7.46. The SMILES string of the molecule is N[C@@](CCCC1=NCCN1)(NC(=O)c1ccc(CNCc2ccccn2)cc1)C(=O)O. The van der Waals surface area contributed by atoms with Crippen LogP contribution in [0, 0.1) is 0 Å². The van der Waals surface area contributed by atoms with E-state index < -0.39 is 17.5 Å². The van der Waals surface area contributed by atoms with Crippen molar-refractivity contribution in [2.24, 2.45) is 10.7 Å². The lowest BCUT2D eigenvalue weighted by molar-refractivity contribution is -0.144. The third kappa shape index (κ3) is 6.59. The van der Waals surface area contributed by atoms with Crippen LogP contribution < -0.4 is 21.7 Å². The first-order valence-electron chi connectivity index (χ1n) is 10.3. The summed E-state index contributed by atoms with van der Waals surface area (Å²) in [6.45, 7) is 2.78. The minimum atomic E-state index is -1.83. The number of hydrogen-bond donors (Lipinski definition) is 5. The topological polar surface area (TPSA) is 142 Å². The number of benzene rings is 1. The number of pyridine rings is 1. The van der Waals surface area contributed by atoms with E-state index in [1.165, 1.54) is 0 Å². The number of amidine groups is 1. The molecule has 0 spiro atoms. The van der Waals surface area contributed by atoms with Gasteiger partial charge in [-0.2, -0.15) is 0 Å². The normalized spacial score (nSPS) is 14.9. The maximum Gasteiger partial charge on any atom is 0.344 e. The molecule has 1 aromatic carbocycles. The first kappa shape index (κ1) is 22.4. The Morgan fingerprint density at radius 2 is 1.97 bits per heavy atom. The average molecular weight is 425 g/mol. The van der Waals surface area contributed by atoms with Gasteiger partial charge in [0.2, 0.25) is 0 Å². The van der Waals surface area contributed by atoms with Crippen molar-refractivity contribution in [1.82, 2.24) is 20.9 Å². The molecule has 9 heteroatoms. The summed E-state index contributed by atoms with van der Waals surface area (Å²) in [4.78, 5) is 32.8. The summed E-state index contributed by atoms with van der Waals surface area (Å²) in [6.07, 6.45) is 2.95. The molecule has 0 bridgehead atoms. The third-order valence-electron chi connectivity index (χ3n) is 5.02. The zero-order valence-corrected chi connectivity index (χ0v) is 17.3. The first-order valence-corrected chi connectivity index (χ1v) is 10.3. The number of aromatic nitrogens is 1. The Labute approximate surface area is 181 Å². The number of carboxylic acid groups (broad SMARTS) is 1. The molecule has 1 aliphatic rings. The molecule has 2 heterocycles. The number of nitrogens with two attached hydrogens (primary N) is 1. The van der Waals surface area contributed by atoms with Gasteiger partial charge in [0.1, 0.15) is 0 Å². The number of aliphatic imine (C=N–C) groups is 1. The van der Waals surface area contributed by atoms with E-state index in [-0.39, 0.29) is 6.42 Å². The molecule has 1 aromatic heterocycles. The standard InChI is InChI=1S/C22H28N6O3/c23-22(21(30)31,10-3-5-19-26-12-13-27-19)28-20(29)17-8-6-16(7-9-17)14-24-15-18-4-1-2-11-25-18/h1-2,4,6-9,11,24H,3,5,10,12-15,23H2,(H,26,27)(H,28,29)(H,30,31)/t22-/m0/s1. The molecule has 164 valence electrons. The van der Waals surface area contributed by atoms with Crippen molar-refractivity contribution in [2.75, 3.05) is 13.1 Å². The van der Waals surface area contributed by atoms with Gasteiger partial charge < -0.3 is 21.1 Å². The van der Waals surface area contributed by atoms with Crippen molar-refractivity contribution in [2.45, 2.75) is 38.0 Å². The van der Waals surface area contributed by atoms with Gasteiger partial charge in [-0.3, -0.25) is 20.5 Å². The number of nitrogens with zero attached hydrogens (tertiary/aromatic N) is 2. The van der Waals surface area contributed by atoms with Gasteiger partial charge in [-0.25, -0.2) is 4.79 Å². The van der Waals surface area contributed by atoms with Crippen molar-refractivity contribution >= 4 is 17.7 Å². The molecule has 0 fully saturated rings. The van der Waals surface area contributed by atoms with Gasteiger partial charge in [0.05, 0.1) is 18.1 Å². The maximum atomic E-state index is 12.6. The molecule has 0 saturated carbocycles. The summed E-state index contributed by atoms with van der Waals surface area (Å²) in [7, 11) is 0. The molecule has 3 rings (SSSR count). The highest BCUT2D eigenvalue weighted by atomic mass is 16.4. The Kier molecular flexibility index (Phi) is 7.69. The fourth-order valence-corrected chi connectivity index (χ4v) is 3.26. The quantitative estimate of drug-likeness (QED) is 0.339. The predicted octanol–water partition coefficient (Wildman–Crippen LogP) is 1.01. The van der Waals surface area contributed by atoms with E-state index in [1.54, 1.807) is 18.3 Å². The van der Waals surface area contributed by atoms with Gasteiger partial charge >= 0.3 is 5.97 Å². The minimum absolute atomic E-state index is 0.101. The maximum absolute atomic E-state index is 12.6. The van der Waals surface area contributed by atoms with Crippen molar-refractivity contribution in [3.8, 4) is 0 Å². The highest BCUT2D eigenvalue weighted by Crippen LogP contribution is 2.13. The summed E-state index contributed by atoms with van der Waals surface area (Å²) in [5.74, 6) is -0.932. The highest BCUT2D eigenvalue weighted by Gasteiger charge is 2.35. The number of nitrogens with one attached hydrogen (secondary N) is 3. The Balaban J connectivity index is 1.50. The summed E-state index contributed by atoms with van der Waals surface area (Å²) in [6, 6.07) is 12.7. The summed E-state index contributed by atoms with van der Waals surface area (Å²) in [5, 5.41) is 18.5. The monoisotopic (exact) mass is 424 g/mol. The Bertz CT molecular complexity index is 917. The average Bonchev–Trinajstić information content (AvgIpc) is 3.28. The van der Waals surface area contributed by atoms with Gasteiger partial charge in [0.15, 0.2) is 5.66 Å². The van der Waals surface area contributed by atoms with Gasteiger partial charge in [0, 0.05) is 37.8 Å². The molecule has 0 aliphatic carbocycles. The minimum Gasteiger partial charge on any atom is -0.478 e. The highest BCUT2D eigenvalue weighted by molar-refractivity contribution is 5.97. The zero-order chi connectivity index (χ0) is 22.1. The van der Waals surface area contributed by atoms with Crippen LogP contribution in [0.15, 0.2) is 53.7 Å². The Hall–Kier alpha value is -3.30. The van der Waals surface area contributed by atoms with E-state index in [9.17, 15) is 14.7 Å². The van der Waals surface area contributed by atoms with Crippen LogP contribution in [0.5, 0.6) is 0 Å². The number of amides is 1. The molecular weight excluding hydrogens is 396 g/mol. The van der Waals surface area contributed by atoms with Crippen molar-refractivity contribution in [3.63, 3.8) is 0 Å². The smallest absolute Gasteiger partial charge is 0.344 e. The van der Waals surface area contributed by atoms with E-state index in [2.05, 4.69) is 25.9 Å². The molecule has 0 saturated heterocycles. The van der Waals surface area contributed by atoms with Gasteiger partial charge in [-0.1, -0.05) is 18.2 Å². The number of carbonyl (C=O) groups is 2. The summed E-state index contributed by atoms with van der Waals surface area (Å²) in [5.41, 5.74) is 6.47. The number of carboxylic acids is 1. The third-order valence-corrected chi connectivity index (χ3v) is 5.02. The molecular formula is C22H28N6O3. The van der Waals surface area contributed by atoms with Crippen LogP contribution in [-0.2, 0) is 17.9 Å². The van der Waals surface area contributed by atoms with E-state index >= 15 is 0 Å². The number of aliphatic carboxylic acids is 1. The van der Waals surface area contributed by atoms with Gasteiger partial charge in [0.25, 0.3) is 5.91 Å². The van der Waals surface area contributed by atoms with Crippen LogP contribution in [0.3, 0.4) is 0 Å². The molecule has 1 amide bonds. The molecule has 9 nitrogen and oxygen atoms in total. The van der Waals surface area contributed by atoms with Crippen LogP contribution in [0.1, 0.15) is 40.9 Å². The molecule has 1 atom stereocenters. The molecule has 1 aliphatic heterocycles. The van der Waals surface area contributed by atoms with Crippen LogP contribution in [0.25, 0.3) is 0 Å². The van der Waals surface area contributed by atoms with Crippen LogP contribution in [0.4, 0.5) is 0 Å². The Morgan fingerprint density at radius 1 is 1.16 bits per heavy atom. The lowest BCUT2D eigenvalue weighted by Gasteiger charge is -2.26. The first-order chi connectivity index (χ1) is 15.0. The number of carbonyl (C=O) groups excluding carboxylic acids is 1. The summed E-state index contributed by atoms with van der Waals surface area (Å²) >= 11 is 0. The molecule has 0 radical (unpaired) electrons. The van der Waals surface area contributed by atoms with E-state index in [1.807, 2.05) is 30.3 Å². The van der Waals surface area contributed by atoms with Crippen LogP contribution in [-0.4, -0.2) is 46.6 Å².